The van der Waals surface area contributed by atoms with Crippen LogP contribution in [0.4, 0.5) is 0 Å². The summed E-state index contributed by atoms with van der Waals surface area (Å²) in [5, 5.41) is 5.49. The second kappa shape index (κ2) is 6.57. The molecule has 0 saturated carbocycles. The Morgan fingerprint density at radius 3 is 2.72 bits per heavy atom. The van der Waals surface area contributed by atoms with Crippen LogP contribution in [0.3, 0.4) is 0 Å². The van der Waals surface area contributed by atoms with Crippen molar-refractivity contribution in [1.82, 2.24) is 24.6 Å². The molecule has 0 spiro atoms. The lowest BCUT2D eigenvalue weighted by Gasteiger charge is -2.34. The van der Waals surface area contributed by atoms with E-state index in [0.29, 0.717) is 0 Å². The quantitative estimate of drug-likeness (QED) is 0.723. The number of amides is 1. The molecule has 6 nitrogen and oxygen atoms in total. The predicted octanol–water partition coefficient (Wildman–Crippen LogP) is 2.30. The lowest BCUT2D eigenvalue weighted by Crippen LogP contribution is -2.48. The fraction of sp³-hybridized carbons (Fsp3) is 0.389. The van der Waals surface area contributed by atoms with E-state index in [1.54, 1.807) is 0 Å². The molecule has 7 heteroatoms. The van der Waals surface area contributed by atoms with Gasteiger partial charge in [-0.1, -0.05) is 6.07 Å². The molecule has 130 valence electrons. The second-order valence-electron chi connectivity index (χ2n) is 6.43. The highest BCUT2D eigenvalue weighted by atomic mass is 32.1. The Morgan fingerprint density at radius 2 is 2.04 bits per heavy atom. The minimum absolute atomic E-state index is 0.137. The van der Waals surface area contributed by atoms with Crippen molar-refractivity contribution >= 4 is 27.5 Å². The van der Waals surface area contributed by atoms with Crippen LogP contribution in [0.15, 0.2) is 30.5 Å². The van der Waals surface area contributed by atoms with Gasteiger partial charge in [0.25, 0.3) is 5.91 Å². The maximum absolute atomic E-state index is 12.8. The van der Waals surface area contributed by atoms with Crippen molar-refractivity contribution in [3.63, 3.8) is 0 Å². The zero-order valence-electron chi connectivity index (χ0n) is 14.5. The average Bonchev–Trinajstić information content (AvgIpc) is 3.18. The first-order valence-electron chi connectivity index (χ1n) is 8.46. The molecule has 25 heavy (non-hydrogen) atoms. The van der Waals surface area contributed by atoms with Crippen LogP contribution in [0.5, 0.6) is 0 Å². The lowest BCUT2D eigenvalue weighted by molar-refractivity contribution is 0.0632. The van der Waals surface area contributed by atoms with E-state index in [2.05, 4.69) is 15.0 Å². The minimum Gasteiger partial charge on any atom is -0.335 e. The number of pyridine rings is 1. The van der Waals surface area contributed by atoms with Crippen LogP contribution in [-0.2, 0) is 13.6 Å². The van der Waals surface area contributed by atoms with Crippen molar-refractivity contribution in [2.75, 3.05) is 26.2 Å². The van der Waals surface area contributed by atoms with Gasteiger partial charge in [-0.25, -0.2) is 0 Å². The number of piperazine rings is 1. The van der Waals surface area contributed by atoms with Crippen LogP contribution >= 0.6 is 11.3 Å². The van der Waals surface area contributed by atoms with Crippen molar-refractivity contribution < 1.29 is 4.79 Å². The highest BCUT2D eigenvalue weighted by molar-refractivity contribution is 7.20. The molecule has 0 atom stereocenters. The number of nitrogens with zero attached hydrogens (tertiary/aromatic N) is 5. The standard InChI is InChI=1S/C18H21N5OS/c1-13-15-11-16(25-18(15)21(2)20-13)17(24)23-9-7-22(8-10-23)12-14-5-3-4-6-19-14/h3-6,11H,7-10,12H2,1-2H3. The van der Waals surface area contributed by atoms with Gasteiger partial charge in [0.1, 0.15) is 4.83 Å². The van der Waals surface area contributed by atoms with E-state index < -0.39 is 0 Å². The Labute approximate surface area is 150 Å². The molecule has 3 aromatic heterocycles. The summed E-state index contributed by atoms with van der Waals surface area (Å²) in [6.07, 6.45) is 1.83. The van der Waals surface area contributed by atoms with E-state index in [1.165, 1.54) is 11.3 Å². The molecule has 0 N–H and O–H groups in total. The Balaban J connectivity index is 1.41. The summed E-state index contributed by atoms with van der Waals surface area (Å²) < 4.78 is 1.86. The summed E-state index contributed by atoms with van der Waals surface area (Å²) in [5.41, 5.74) is 2.06. The third kappa shape index (κ3) is 3.17. The van der Waals surface area contributed by atoms with Crippen molar-refractivity contribution in [1.29, 1.82) is 0 Å². The van der Waals surface area contributed by atoms with Crippen LogP contribution in [0.25, 0.3) is 10.2 Å². The first-order valence-corrected chi connectivity index (χ1v) is 9.28. The Kier molecular flexibility index (Phi) is 4.27. The molecule has 1 aliphatic heterocycles. The van der Waals surface area contributed by atoms with E-state index in [4.69, 9.17) is 0 Å². The largest absolute Gasteiger partial charge is 0.335 e. The van der Waals surface area contributed by atoms with Crippen LogP contribution in [-0.4, -0.2) is 56.7 Å². The van der Waals surface area contributed by atoms with E-state index >= 15 is 0 Å². The molecule has 4 rings (SSSR count). The van der Waals surface area contributed by atoms with Gasteiger partial charge in [-0.15, -0.1) is 11.3 Å². The summed E-state index contributed by atoms with van der Waals surface area (Å²) in [7, 11) is 1.93. The first-order chi connectivity index (χ1) is 12.1. The fourth-order valence-corrected chi connectivity index (χ4v) is 4.39. The van der Waals surface area contributed by atoms with Crippen LogP contribution in [0, 0.1) is 6.92 Å². The maximum Gasteiger partial charge on any atom is 0.264 e. The Morgan fingerprint density at radius 1 is 1.24 bits per heavy atom. The van der Waals surface area contributed by atoms with Crippen LogP contribution in [0.2, 0.25) is 0 Å². The molecule has 0 radical (unpaired) electrons. The number of rotatable bonds is 3. The van der Waals surface area contributed by atoms with Gasteiger partial charge in [0.05, 0.1) is 16.3 Å². The zero-order chi connectivity index (χ0) is 17.4. The van der Waals surface area contributed by atoms with Gasteiger partial charge in [0, 0.05) is 51.4 Å². The summed E-state index contributed by atoms with van der Waals surface area (Å²) in [6.45, 7) is 6.12. The summed E-state index contributed by atoms with van der Waals surface area (Å²) >= 11 is 1.54. The van der Waals surface area contributed by atoms with E-state index in [9.17, 15) is 4.79 Å². The SMILES string of the molecule is Cc1nn(C)c2sc(C(=O)N3CCN(Cc4ccccn4)CC3)cc12. The number of fused-ring (bicyclic) bond motifs is 1. The Bertz CT molecular complexity index is 858. The van der Waals surface area contributed by atoms with Crippen LogP contribution < -0.4 is 0 Å². The minimum atomic E-state index is 0.137. The maximum atomic E-state index is 12.8. The predicted molar refractivity (Wildman–Crippen MR) is 98.7 cm³/mol. The van der Waals surface area contributed by atoms with Gasteiger partial charge >= 0.3 is 0 Å². The van der Waals surface area contributed by atoms with Crippen molar-refractivity contribution in [2.24, 2.45) is 7.05 Å². The number of carbonyl (C=O) groups excluding carboxylic acids is 1. The van der Waals surface area contributed by atoms with Gasteiger partial charge < -0.3 is 4.90 Å². The Hall–Kier alpha value is -2.25. The molecule has 1 aliphatic rings. The van der Waals surface area contributed by atoms with E-state index in [0.717, 1.165) is 59.2 Å². The number of aryl methyl sites for hydroxylation is 2. The molecule has 0 bridgehead atoms. The van der Waals surface area contributed by atoms with Gasteiger partial charge in [-0.3, -0.25) is 19.4 Å². The smallest absolute Gasteiger partial charge is 0.264 e. The third-order valence-electron chi connectivity index (χ3n) is 4.68. The molecule has 1 saturated heterocycles. The van der Waals surface area contributed by atoms with Gasteiger partial charge in [0.2, 0.25) is 0 Å². The molecular weight excluding hydrogens is 334 g/mol. The number of hydrogen-bond donors (Lipinski definition) is 0. The monoisotopic (exact) mass is 355 g/mol. The summed E-state index contributed by atoms with van der Waals surface area (Å²) in [4.78, 5) is 23.4. The molecule has 0 aliphatic carbocycles. The molecule has 1 fully saturated rings. The molecular formula is C18H21N5OS. The topological polar surface area (TPSA) is 54.3 Å². The summed E-state index contributed by atoms with van der Waals surface area (Å²) in [5.74, 6) is 0.137. The highest BCUT2D eigenvalue weighted by Gasteiger charge is 2.24. The van der Waals surface area contributed by atoms with Gasteiger partial charge in [0.15, 0.2) is 0 Å². The van der Waals surface area contributed by atoms with Gasteiger partial charge in [-0.2, -0.15) is 5.10 Å². The number of aromatic nitrogens is 3. The third-order valence-corrected chi connectivity index (χ3v) is 5.87. The molecule has 4 heterocycles. The lowest BCUT2D eigenvalue weighted by atomic mass is 10.2. The number of hydrogen-bond acceptors (Lipinski definition) is 5. The summed E-state index contributed by atoms with van der Waals surface area (Å²) in [6, 6.07) is 7.98. The van der Waals surface area contributed by atoms with Crippen LogP contribution in [0.1, 0.15) is 21.1 Å². The highest BCUT2D eigenvalue weighted by Crippen LogP contribution is 2.28. The normalized spacial score (nSPS) is 15.8. The average molecular weight is 355 g/mol. The van der Waals surface area contributed by atoms with Crippen molar-refractivity contribution in [3.05, 3.63) is 46.7 Å². The molecule has 1 amide bonds. The number of thiophene rings is 1. The first kappa shape index (κ1) is 16.2. The molecule has 3 aromatic rings. The fourth-order valence-electron chi connectivity index (χ4n) is 3.30. The van der Waals surface area contributed by atoms with Crippen molar-refractivity contribution in [3.8, 4) is 0 Å². The second-order valence-corrected chi connectivity index (χ2v) is 7.46. The molecule has 0 unspecified atom stereocenters. The van der Waals surface area contributed by atoms with E-state index in [1.807, 2.05) is 54.0 Å². The molecule has 0 aromatic carbocycles. The van der Waals surface area contributed by atoms with Crippen molar-refractivity contribution in [2.45, 2.75) is 13.5 Å². The van der Waals surface area contributed by atoms with Gasteiger partial charge in [-0.05, 0) is 25.1 Å². The zero-order valence-corrected chi connectivity index (χ0v) is 15.3. The van der Waals surface area contributed by atoms with E-state index in [-0.39, 0.29) is 5.91 Å². The number of carbonyl (C=O) groups is 1.